The van der Waals surface area contributed by atoms with Gasteiger partial charge in [-0.2, -0.15) is 0 Å². The van der Waals surface area contributed by atoms with Gasteiger partial charge in [0.2, 0.25) is 0 Å². The second kappa shape index (κ2) is 4.58. The summed E-state index contributed by atoms with van der Waals surface area (Å²) in [5.74, 6) is 0. The number of hydrogen-bond donors (Lipinski definition) is 0. The van der Waals surface area contributed by atoms with Crippen LogP contribution in [0, 0.1) is 5.41 Å². The first-order chi connectivity index (χ1) is 10.5. The zero-order valence-electron chi connectivity index (χ0n) is 13.4. The van der Waals surface area contributed by atoms with Gasteiger partial charge >= 0.3 is 0 Å². The van der Waals surface area contributed by atoms with Crippen molar-refractivity contribution in [2.45, 2.75) is 20.8 Å². The van der Waals surface area contributed by atoms with E-state index in [9.17, 15) is 0 Å². The molecular weight excluding hydrogens is 264 g/mol. The molecule has 0 aliphatic carbocycles. The van der Waals surface area contributed by atoms with Crippen LogP contribution < -0.4 is 0 Å². The summed E-state index contributed by atoms with van der Waals surface area (Å²) in [5, 5.41) is 8.12. The summed E-state index contributed by atoms with van der Waals surface area (Å²) < 4.78 is 0. The van der Waals surface area contributed by atoms with Gasteiger partial charge in [-0.3, -0.25) is 0 Å². The van der Waals surface area contributed by atoms with Crippen molar-refractivity contribution in [1.82, 2.24) is 0 Å². The third-order valence-corrected chi connectivity index (χ3v) is 4.33. The highest BCUT2D eigenvalue weighted by Gasteiger charge is 2.10. The van der Waals surface area contributed by atoms with E-state index in [0.717, 1.165) is 0 Å². The fourth-order valence-electron chi connectivity index (χ4n) is 3.24. The fraction of sp³-hybridized carbons (Fsp3) is 0.182. The van der Waals surface area contributed by atoms with Crippen molar-refractivity contribution in [2.75, 3.05) is 0 Å². The summed E-state index contributed by atoms with van der Waals surface area (Å²) in [6.45, 7) is 6.71. The average molecular weight is 284 g/mol. The number of benzene rings is 4. The van der Waals surface area contributed by atoms with Gasteiger partial charge in [0.05, 0.1) is 0 Å². The molecule has 22 heavy (non-hydrogen) atoms. The van der Waals surface area contributed by atoms with Gasteiger partial charge in [-0.25, -0.2) is 0 Å². The lowest BCUT2D eigenvalue weighted by Crippen LogP contribution is -1.98. The molecule has 0 saturated heterocycles. The van der Waals surface area contributed by atoms with E-state index in [4.69, 9.17) is 0 Å². The highest BCUT2D eigenvalue weighted by Crippen LogP contribution is 2.36. The van der Waals surface area contributed by atoms with Crippen molar-refractivity contribution in [2.24, 2.45) is 5.41 Å². The van der Waals surface area contributed by atoms with Crippen LogP contribution in [0.3, 0.4) is 0 Å². The summed E-state index contributed by atoms with van der Waals surface area (Å²) in [4.78, 5) is 0. The average Bonchev–Trinajstić information content (AvgIpc) is 2.50. The molecule has 0 fully saturated rings. The second-order valence-electron chi connectivity index (χ2n) is 7.21. The molecule has 4 aromatic rings. The van der Waals surface area contributed by atoms with E-state index < -0.39 is 0 Å². The molecule has 0 amide bonds. The van der Waals surface area contributed by atoms with Crippen LogP contribution in [0.5, 0.6) is 0 Å². The standard InChI is InChI=1S/C22H20/c1-22(2,3)14-13-15-7-8-18-10-9-16-5-4-6-17-11-12-19(15)21(18)20(16)17/h4-14H,1-3H3/b14-13-. The monoisotopic (exact) mass is 284 g/mol. The smallest absolute Gasteiger partial charge is 0.00208 e. The molecular formula is C22H20. The molecule has 0 saturated carbocycles. The first kappa shape index (κ1) is 13.3. The number of allylic oxidation sites excluding steroid dienone is 1. The highest BCUT2D eigenvalue weighted by atomic mass is 14.1. The zero-order chi connectivity index (χ0) is 15.3. The minimum absolute atomic E-state index is 0.198. The minimum Gasteiger partial charge on any atom is -0.0785 e. The molecule has 0 atom stereocenters. The van der Waals surface area contributed by atoms with Gasteiger partial charge in [-0.1, -0.05) is 87.5 Å². The lowest BCUT2D eigenvalue weighted by atomic mass is 9.90. The van der Waals surface area contributed by atoms with Crippen LogP contribution in [-0.2, 0) is 0 Å². The Balaban J connectivity index is 2.11. The first-order valence-electron chi connectivity index (χ1n) is 7.89. The van der Waals surface area contributed by atoms with Gasteiger partial charge < -0.3 is 0 Å². The normalized spacial score (nSPS) is 13.0. The summed E-state index contributed by atoms with van der Waals surface area (Å²) in [5.41, 5.74) is 1.50. The van der Waals surface area contributed by atoms with Crippen molar-refractivity contribution in [3.05, 3.63) is 66.2 Å². The minimum atomic E-state index is 0.198. The topological polar surface area (TPSA) is 0 Å². The largest absolute Gasteiger partial charge is 0.0785 e. The molecule has 0 aromatic heterocycles. The van der Waals surface area contributed by atoms with Gasteiger partial charge in [0, 0.05) is 0 Å². The maximum atomic E-state index is 2.29. The zero-order valence-corrected chi connectivity index (χ0v) is 13.4. The Kier molecular flexibility index (Phi) is 2.77. The van der Waals surface area contributed by atoms with Gasteiger partial charge in [0.15, 0.2) is 0 Å². The lowest BCUT2D eigenvalue weighted by molar-refractivity contribution is 0.547. The molecule has 0 radical (unpaired) electrons. The summed E-state index contributed by atoms with van der Waals surface area (Å²) in [6.07, 6.45) is 4.56. The van der Waals surface area contributed by atoms with Crippen molar-refractivity contribution >= 4 is 38.4 Å². The Morgan fingerprint density at radius 3 is 1.95 bits per heavy atom. The van der Waals surface area contributed by atoms with E-state index in [1.165, 1.54) is 37.9 Å². The van der Waals surface area contributed by atoms with E-state index in [0.29, 0.717) is 0 Å². The molecule has 0 aliphatic rings. The Hall–Kier alpha value is -2.34. The molecule has 0 spiro atoms. The predicted molar refractivity (Wildman–Crippen MR) is 98.6 cm³/mol. The second-order valence-corrected chi connectivity index (χ2v) is 7.21. The molecule has 108 valence electrons. The summed E-state index contributed by atoms with van der Waals surface area (Å²) >= 11 is 0. The molecule has 0 heterocycles. The van der Waals surface area contributed by atoms with E-state index in [2.05, 4.69) is 87.5 Å². The van der Waals surface area contributed by atoms with Crippen molar-refractivity contribution in [3.63, 3.8) is 0 Å². The highest BCUT2D eigenvalue weighted by molar-refractivity contribution is 6.24. The molecule has 4 rings (SSSR count). The maximum Gasteiger partial charge on any atom is -0.00208 e. The molecule has 4 aromatic carbocycles. The Labute approximate surface area is 131 Å². The van der Waals surface area contributed by atoms with Crippen LogP contribution in [0.4, 0.5) is 0 Å². The molecule has 0 aliphatic heterocycles. The van der Waals surface area contributed by atoms with Crippen molar-refractivity contribution < 1.29 is 0 Å². The molecule has 0 N–H and O–H groups in total. The van der Waals surface area contributed by atoms with E-state index in [1.807, 2.05) is 0 Å². The molecule has 0 bridgehead atoms. The van der Waals surface area contributed by atoms with Crippen LogP contribution in [-0.4, -0.2) is 0 Å². The summed E-state index contributed by atoms with van der Waals surface area (Å²) in [6, 6.07) is 20.0. The van der Waals surface area contributed by atoms with Gasteiger partial charge in [-0.15, -0.1) is 0 Å². The number of rotatable bonds is 1. The Morgan fingerprint density at radius 1 is 0.682 bits per heavy atom. The quantitative estimate of drug-likeness (QED) is 0.343. The predicted octanol–water partition coefficient (Wildman–Crippen LogP) is 6.64. The third-order valence-electron chi connectivity index (χ3n) is 4.33. The first-order valence-corrected chi connectivity index (χ1v) is 7.89. The van der Waals surface area contributed by atoms with E-state index in [1.54, 1.807) is 0 Å². The van der Waals surface area contributed by atoms with Gasteiger partial charge in [0.25, 0.3) is 0 Å². The van der Waals surface area contributed by atoms with Crippen LogP contribution >= 0.6 is 0 Å². The van der Waals surface area contributed by atoms with Crippen molar-refractivity contribution in [3.8, 4) is 0 Å². The van der Waals surface area contributed by atoms with Crippen LogP contribution in [0.2, 0.25) is 0 Å². The summed E-state index contributed by atoms with van der Waals surface area (Å²) in [7, 11) is 0. The Morgan fingerprint density at radius 2 is 1.27 bits per heavy atom. The number of hydrogen-bond acceptors (Lipinski definition) is 0. The van der Waals surface area contributed by atoms with Crippen LogP contribution in [0.1, 0.15) is 26.3 Å². The van der Waals surface area contributed by atoms with Crippen LogP contribution in [0.15, 0.2) is 60.7 Å². The molecule has 0 heteroatoms. The SMILES string of the molecule is CC(C)(C)/C=C\c1ccc2ccc3cccc4ccc1c2c34. The fourth-order valence-corrected chi connectivity index (χ4v) is 3.24. The van der Waals surface area contributed by atoms with E-state index >= 15 is 0 Å². The van der Waals surface area contributed by atoms with Gasteiger partial charge in [0.1, 0.15) is 0 Å². The van der Waals surface area contributed by atoms with Crippen molar-refractivity contribution in [1.29, 1.82) is 0 Å². The Bertz CT molecular complexity index is 981. The van der Waals surface area contributed by atoms with Crippen LogP contribution in [0.25, 0.3) is 38.4 Å². The van der Waals surface area contributed by atoms with E-state index in [-0.39, 0.29) is 5.41 Å². The molecule has 0 nitrogen and oxygen atoms in total. The van der Waals surface area contributed by atoms with Gasteiger partial charge in [-0.05, 0) is 43.3 Å². The molecule has 0 unspecified atom stereocenters. The maximum absolute atomic E-state index is 2.29. The third kappa shape index (κ3) is 2.07. The lowest BCUT2D eigenvalue weighted by Gasteiger charge is -2.14.